The van der Waals surface area contributed by atoms with Gasteiger partial charge in [0.15, 0.2) is 0 Å². The van der Waals surface area contributed by atoms with E-state index in [1.54, 1.807) is 31.2 Å². The number of amides is 1. The van der Waals surface area contributed by atoms with Crippen molar-refractivity contribution < 1.29 is 22.7 Å². The summed E-state index contributed by atoms with van der Waals surface area (Å²) < 4.78 is 39.2. The van der Waals surface area contributed by atoms with Crippen molar-refractivity contribution in [2.45, 2.75) is 43.6 Å². The van der Waals surface area contributed by atoms with Gasteiger partial charge >= 0.3 is 0 Å². The lowest BCUT2D eigenvalue weighted by atomic mass is 10.1. The van der Waals surface area contributed by atoms with Gasteiger partial charge in [0.25, 0.3) is 11.1 Å². The number of ether oxygens (including phenoxy) is 2. The minimum absolute atomic E-state index is 0.00677. The summed E-state index contributed by atoms with van der Waals surface area (Å²) in [6.45, 7) is 3.64. The van der Waals surface area contributed by atoms with Crippen LogP contribution in [0.15, 0.2) is 47.4 Å². The number of carbonyl (C=O) groups is 1. The lowest BCUT2D eigenvalue weighted by Gasteiger charge is -2.31. The molecule has 35 heavy (non-hydrogen) atoms. The van der Waals surface area contributed by atoms with E-state index in [0.29, 0.717) is 43.2 Å². The molecule has 3 aromatic rings. The summed E-state index contributed by atoms with van der Waals surface area (Å²) in [6.07, 6.45) is 3.14. The number of carbonyl (C=O) groups excluding carboxylic acids is 1. The van der Waals surface area contributed by atoms with Crippen molar-refractivity contribution in [1.82, 2.24) is 14.2 Å². The Morgan fingerprint density at radius 2 is 1.89 bits per heavy atom. The second kappa shape index (κ2) is 10.9. The maximum Gasteiger partial charge on any atom is 0.274 e. The number of rotatable bonds is 9. The molecule has 1 amide bonds. The largest absolute Gasteiger partial charge is 0.497 e. The predicted molar refractivity (Wildman–Crippen MR) is 137 cm³/mol. The number of fused-ring (bicyclic) bond motifs is 1. The molecular weight excluding hydrogens is 486 g/mol. The summed E-state index contributed by atoms with van der Waals surface area (Å²) >= 11 is 1.50. The fourth-order valence-corrected chi connectivity index (χ4v) is 6.09. The van der Waals surface area contributed by atoms with Gasteiger partial charge in [-0.25, -0.2) is 17.7 Å². The maximum atomic E-state index is 13.0. The lowest BCUT2D eigenvalue weighted by molar-refractivity contribution is 0.0595. The Balaban J connectivity index is 1.33. The van der Waals surface area contributed by atoms with Crippen LogP contribution in [0.5, 0.6) is 10.9 Å². The van der Waals surface area contributed by atoms with E-state index >= 15 is 0 Å². The first kappa shape index (κ1) is 25.4. The number of sulfonamides is 1. The van der Waals surface area contributed by atoms with Gasteiger partial charge in [0.2, 0.25) is 10.0 Å². The molecule has 0 bridgehead atoms. The standard InChI is InChI=1S/C25H31N3O5S2/c1-4-5-14-27(2)35(30,31)21-9-6-18(7-10-21)24(29)28-15-12-19(13-16-28)33-25-26-22-17-20(32-3)8-11-23(22)34-25/h6-11,17,19H,4-5,12-16H2,1-3H3. The first-order chi connectivity index (χ1) is 16.8. The highest BCUT2D eigenvalue weighted by atomic mass is 32.2. The van der Waals surface area contributed by atoms with Gasteiger partial charge in [-0.3, -0.25) is 4.79 Å². The molecule has 0 spiro atoms. The van der Waals surface area contributed by atoms with Crippen LogP contribution >= 0.6 is 11.3 Å². The first-order valence-electron chi connectivity index (χ1n) is 11.8. The smallest absolute Gasteiger partial charge is 0.274 e. The van der Waals surface area contributed by atoms with Crippen molar-refractivity contribution in [2.24, 2.45) is 0 Å². The highest BCUT2D eigenvalue weighted by molar-refractivity contribution is 7.89. The normalized spacial score (nSPS) is 15.0. The average Bonchev–Trinajstić information content (AvgIpc) is 3.28. The van der Waals surface area contributed by atoms with Crippen molar-refractivity contribution in [1.29, 1.82) is 0 Å². The number of likely N-dealkylation sites (tertiary alicyclic amines) is 1. The Morgan fingerprint density at radius 1 is 1.17 bits per heavy atom. The Labute approximate surface area is 210 Å². The molecule has 0 saturated carbocycles. The molecule has 188 valence electrons. The van der Waals surface area contributed by atoms with E-state index in [2.05, 4.69) is 4.98 Å². The predicted octanol–water partition coefficient (Wildman–Crippen LogP) is 4.41. The van der Waals surface area contributed by atoms with Crippen molar-refractivity contribution in [3.8, 4) is 10.9 Å². The van der Waals surface area contributed by atoms with Gasteiger partial charge in [0.05, 0.1) is 22.2 Å². The number of benzene rings is 2. The summed E-state index contributed by atoms with van der Waals surface area (Å²) in [6, 6.07) is 12.0. The summed E-state index contributed by atoms with van der Waals surface area (Å²) in [4.78, 5) is 19.5. The van der Waals surface area contributed by atoms with Crippen LogP contribution in [0.1, 0.15) is 43.0 Å². The zero-order valence-electron chi connectivity index (χ0n) is 20.3. The maximum absolute atomic E-state index is 13.0. The Kier molecular flexibility index (Phi) is 7.93. The SMILES string of the molecule is CCCCN(C)S(=O)(=O)c1ccc(C(=O)N2CCC(Oc3nc4cc(OC)ccc4s3)CC2)cc1. The molecule has 0 unspecified atom stereocenters. The number of unbranched alkanes of at least 4 members (excludes halogenated alkanes) is 1. The molecule has 10 heteroatoms. The third kappa shape index (κ3) is 5.76. The van der Waals surface area contributed by atoms with Gasteiger partial charge < -0.3 is 14.4 Å². The molecule has 0 N–H and O–H groups in total. The van der Waals surface area contributed by atoms with E-state index in [-0.39, 0.29) is 16.9 Å². The molecular formula is C25H31N3O5S2. The monoisotopic (exact) mass is 517 g/mol. The number of aromatic nitrogens is 1. The summed E-state index contributed by atoms with van der Waals surface area (Å²) in [5.74, 6) is 0.661. The van der Waals surface area contributed by atoms with Gasteiger partial charge in [-0.15, -0.1) is 0 Å². The summed E-state index contributed by atoms with van der Waals surface area (Å²) in [7, 11) is -0.336. The van der Waals surface area contributed by atoms with Crippen LogP contribution in [0, 0.1) is 0 Å². The molecule has 0 radical (unpaired) electrons. The first-order valence-corrected chi connectivity index (χ1v) is 14.0. The molecule has 8 nitrogen and oxygen atoms in total. The molecule has 2 heterocycles. The van der Waals surface area contributed by atoms with Crippen LogP contribution in [0.3, 0.4) is 0 Å². The summed E-state index contributed by atoms with van der Waals surface area (Å²) in [5.41, 5.74) is 1.33. The topological polar surface area (TPSA) is 89.0 Å². The molecule has 0 aliphatic carbocycles. The second-order valence-corrected chi connectivity index (χ2v) is 11.7. The second-order valence-electron chi connectivity index (χ2n) is 8.63. The lowest BCUT2D eigenvalue weighted by Crippen LogP contribution is -2.41. The average molecular weight is 518 g/mol. The molecule has 4 rings (SSSR count). The molecule has 2 aromatic carbocycles. The number of thiazole rings is 1. The third-order valence-corrected chi connectivity index (χ3v) is 9.01. The molecule has 1 aliphatic rings. The van der Waals surface area contributed by atoms with E-state index in [4.69, 9.17) is 9.47 Å². The van der Waals surface area contributed by atoms with Crippen LogP contribution < -0.4 is 9.47 Å². The van der Waals surface area contributed by atoms with Crippen molar-refractivity contribution in [2.75, 3.05) is 33.8 Å². The fraction of sp³-hybridized carbons (Fsp3) is 0.440. The zero-order chi connectivity index (χ0) is 25.0. The summed E-state index contributed by atoms with van der Waals surface area (Å²) in [5, 5.41) is 0.624. The van der Waals surface area contributed by atoms with Crippen LogP contribution in [-0.4, -0.2) is 68.4 Å². The number of nitrogens with zero attached hydrogens (tertiary/aromatic N) is 3. The number of piperidine rings is 1. The van der Waals surface area contributed by atoms with Gasteiger partial charge in [-0.05, 0) is 42.8 Å². The zero-order valence-corrected chi connectivity index (χ0v) is 21.9. The Hall–Kier alpha value is -2.69. The van der Waals surface area contributed by atoms with E-state index in [0.717, 1.165) is 28.8 Å². The van der Waals surface area contributed by atoms with Gasteiger partial charge in [-0.2, -0.15) is 0 Å². The van der Waals surface area contributed by atoms with Crippen molar-refractivity contribution in [3.05, 3.63) is 48.0 Å². The van der Waals surface area contributed by atoms with Gasteiger partial charge in [-0.1, -0.05) is 24.7 Å². The number of methoxy groups -OCH3 is 1. The molecule has 0 atom stereocenters. The third-order valence-electron chi connectivity index (χ3n) is 6.21. The van der Waals surface area contributed by atoms with E-state index in [1.165, 1.54) is 27.8 Å². The van der Waals surface area contributed by atoms with Crippen LogP contribution in [-0.2, 0) is 10.0 Å². The van der Waals surface area contributed by atoms with Crippen LogP contribution in [0.2, 0.25) is 0 Å². The highest BCUT2D eigenvalue weighted by Crippen LogP contribution is 2.32. The number of hydrogen-bond donors (Lipinski definition) is 0. The molecule has 1 aliphatic heterocycles. The minimum atomic E-state index is -3.55. The molecule has 1 fully saturated rings. The quantitative estimate of drug-likeness (QED) is 0.418. The fourth-order valence-electron chi connectivity index (χ4n) is 4.02. The van der Waals surface area contributed by atoms with Crippen molar-refractivity contribution >= 4 is 37.5 Å². The minimum Gasteiger partial charge on any atom is -0.497 e. The highest BCUT2D eigenvalue weighted by Gasteiger charge is 2.26. The van der Waals surface area contributed by atoms with Crippen LogP contribution in [0.4, 0.5) is 0 Å². The van der Waals surface area contributed by atoms with Gasteiger partial charge in [0, 0.05) is 51.2 Å². The van der Waals surface area contributed by atoms with Crippen molar-refractivity contribution in [3.63, 3.8) is 0 Å². The Morgan fingerprint density at radius 3 is 2.54 bits per heavy atom. The Bertz CT molecular complexity index is 1270. The molecule has 1 saturated heterocycles. The van der Waals surface area contributed by atoms with E-state index in [9.17, 15) is 13.2 Å². The van der Waals surface area contributed by atoms with Gasteiger partial charge in [0.1, 0.15) is 11.9 Å². The number of hydrogen-bond acceptors (Lipinski definition) is 7. The van der Waals surface area contributed by atoms with E-state index < -0.39 is 10.0 Å². The molecule has 1 aromatic heterocycles. The van der Waals surface area contributed by atoms with Crippen LogP contribution in [0.25, 0.3) is 10.2 Å². The van der Waals surface area contributed by atoms with E-state index in [1.807, 2.05) is 25.1 Å².